The van der Waals surface area contributed by atoms with Crippen molar-refractivity contribution in [1.29, 1.82) is 0 Å². The van der Waals surface area contributed by atoms with Crippen molar-refractivity contribution in [3.63, 3.8) is 0 Å². The van der Waals surface area contributed by atoms with Crippen LogP contribution in [0.4, 0.5) is 0 Å². The van der Waals surface area contributed by atoms with Crippen molar-refractivity contribution in [3.05, 3.63) is 172 Å². The largest absolute Gasteiger partial charge is 0.135 e. The maximum atomic E-state index is 2.51. The van der Waals surface area contributed by atoms with Crippen LogP contribution >= 0.6 is 11.3 Å². The van der Waals surface area contributed by atoms with Crippen molar-refractivity contribution in [2.45, 2.75) is 44.9 Å². The Kier molecular flexibility index (Phi) is 6.90. The summed E-state index contributed by atoms with van der Waals surface area (Å²) < 4.78 is 1.46. The summed E-state index contributed by atoms with van der Waals surface area (Å²) in [5, 5.41) is 12.2. The van der Waals surface area contributed by atoms with Gasteiger partial charge in [-0.3, -0.25) is 0 Å². The van der Waals surface area contributed by atoms with Gasteiger partial charge in [0.2, 0.25) is 0 Å². The average Bonchev–Trinajstić information content (AvgIpc) is 3.75. The first-order valence-electron chi connectivity index (χ1n) is 20.2. The number of thiophene rings is 1. The van der Waals surface area contributed by atoms with Gasteiger partial charge < -0.3 is 0 Å². The Morgan fingerprint density at radius 1 is 0.518 bits per heavy atom. The second-order valence-corrected chi connectivity index (χ2v) is 17.6. The Morgan fingerprint density at radius 2 is 1.16 bits per heavy atom. The molecule has 9 aromatic rings. The van der Waals surface area contributed by atoms with Crippen molar-refractivity contribution in [1.82, 2.24) is 0 Å². The molecule has 12 rings (SSSR count). The zero-order valence-electron chi connectivity index (χ0n) is 31.7. The standard InChI is InChI=1S/C55H40S/c1-55(2)47-29-28-36(32-46(47)52-53(55)44-23-10-9-22-43(44)51-45-24-11-12-25-48(45)56-54(51)52)35-16-13-17-37(31-35)49-39-18-5-7-20-41(39)50(42-21-8-6-19-40(42)49)38-27-26-33-14-3-4-15-34(33)30-38/h3-5,7,9-10,12-23,25-32H,6,8,11,24H2,1-2H3. The van der Waals surface area contributed by atoms with Crippen molar-refractivity contribution in [3.8, 4) is 44.5 Å². The molecule has 3 aliphatic rings. The van der Waals surface area contributed by atoms with Gasteiger partial charge in [-0.2, -0.15) is 0 Å². The normalized spacial score (nSPS) is 15.0. The van der Waals surface area contributed by atoms with E-state index in [0.29, 0.717) is 0 Å². The van der Waals surface area contributed by atoms with E-state index in [4.69, 9.17) is 0 Å². The fourth-order valence-corrected chi connectivity index (χ4v) is 12.0. The van der Waals surface area contributed by atoms with E-state index in [1.807, 2.05) is 11.3 Å². The minimum Gasteiger partial charge on any atom is -0.135 e. The first-order valence-corrected chi connectivity index (χ1v) is 21.0. The number of rotatable bonds is 3. The summed E-state index contributed by atoms with van der Waals surface area (Å²) in [7, 11) is 0. The molecule has 0 N–H and O–H groups in total. The summed E-state index contributed by atoms with van der Waals surface area (Å²) in [6.45, 7) is 4.88. The topological polar surface area (TPSA) is 0 Å². The maximum Gasteiger partial charge on any atom is 0.0440 e. The molecule has 0 fully saturated rings. The molecule has 0 nitrogen and oxygen atoms in total. The van der Waals surface area contributed by atoms with Gasteiger partial charge in [0.25, 0.3) is 0 Å². The Bertz CT molecular complexity index is 3330. The smallest absolute Gasteiger partial charge is 0.0440 e. The molecule has 0 bridgehead atoms. The lowest BCUT2D eigenvalue weighted by Crippen LogP contribution is -2.31. The van der Waals surface area contributed by atoms with E-state index in [2.05, 4.69) is 172 Å². The molecule has 1 heteroatoms. The fraction of sp³-hybridized carbons (Fsp3) is 0.127. The molecule has 266 valence electrons. The monoisotopic (exact) mass is 732 g/mol. The van der Waals surface area contributed by atoms with Gasteiger partial charge in [-0.05, 0) is 148 Å². The molecule has 0 saturated heterocycles. The number of aryl methyl sites for hydroxylation is 1. The quantitative estimate of drug-likeness (QED) is 0.170. The first-order chi connectivity index (χ1) is 27.5. The van der Waals surface area contributed by atoms with Crippen LogP contribution in [0.15, 0.2) is 140 Å². The highest BCUT2D eigenvalue weighted by atomic mass is 32.1. The summed E-state index contributed by atoms with van der Waals surface area (Å²) in [5.74, 6) is 0. The summed E-state index contributed by atoms with van der Waals surface area (Å²) in [4.78, 5) is 1.44. The third kappa shape index (κ3) is 4.52. The summed E-state index contributed by atoms with van der Waals surface area (Å²) in [6.07, 6.45) is 14.1. The predicted octanol–water partition coefficient (Wildman–Crippen LogP) is 14.0. The zero-order valence-corrected chi connectivity index (χ0v) is 32.6. The van der Waals surface area contributed by atoms with E-state index in [-0.39, 0.29) is 5.41 Å². The SMILES string of the molecule is CC1(C)c2ccc(-c3cccc(-c4c5c(c(-c6ccc7ccccc7c6)c6ccccc46)=CCCC=5)c3)cc2-c2c1c1ccccc1c1c3c(sc21)C=CCC3. The van der Waals surface area contributed by atoms with Crippen molar-refractivity contribution in [2.24, 2.45) is 0 Å². The van der Waals surface area contributed by atoms with Gasteiger partial charge in [-0.15, -0.1) is 11.3 Å². The van der Waals surface area contributed by atoms with Crippen LogP contribution in [-0.2, 0) is 11.8 Å². The third-order valence-corrected chi connectivity index (χ3v) is 14.3. The lowest BCUT2D eigenvalue weighted by Gasteiger charge is -2.24. The Hall–Kier alpha value is -6.02. The summed E-state index contributed by atoms with van der Waals surface area (Å²) in [6, 6.07) is 50.7. The van der Waals surface area contributed by atoms with E-state index in [9.17, 15) is 0 Å². The molecule has 1 aromatic heterocycles. The van der Waals surface area contributed by atoms with Crippen LogP contribution in [0.5, 0.6) is 0 Å². The fourth-order valence-electron chi connectivity index (χ4n) is 10.6. The predicted molar refractivity (Wildman–Crippen MR) is 243 cm³/mol. The second-order valence-electron chi connectivity index (χ2n) is 16.5. The minimum atomic E-state index is -0.101. The molecule has 0 saturated carbocycles. The molecule has 0 radical (unpaired) electrons. The molecule has 0 aliphatic heterocycles. The number of hydrogen-bond acceptors (Lipinski definition) is 1. The highest BCUT2D eigenvalue weighted by molar-refractivity contribution is 7.21. The molecule has 56 heavy (non-hydrogen) atoms. The maximum absolute atomic E-state index is 2.51. The van der Waals surface area contributed by atoms with Crippen molar-refractivity contribution in [2.75, 3.05) is 0 Å². The Balaban J connectivity index is 1.07. The van der Waals surface area contributed by atoms with Gasteiger partial charge in [0.05, 0.1) is 0 Å². The highest BCUT2D eigenvalue weighted by Gasteiger charge is 2.39. The summed E-state index contributed by atoms with van der Waals surface area (Å²) >= 11 is 2.01. The van der Waals surface area contributed by atoms with Gasteiger partial charge in [-0.1, -0.05) is 147 Å². The zero-order chi connectivity index (χ0) is 37.1. The van der Waals surface area contributed by atoms with E-state index in [1.54, 1.807) is 0 Å². The molecule has 3 aliphatic carbocycles. The van der Waals surface area contributed by atoms with Crippen LogP contribution in [0.25, 0.3) is 105 Å². The van der Waals surface area contributed by atoms with Crippen LogP contribution in [0.1, 0.15) is 54.7 Å². The average molecular weight is 733 g/mol. The van der Waals surface area contributed by atoms with E-state index < -0.39 is 0 Å². The molecule has 0 atom stereocenters. The Labute approximate surface area is 331 Å². The van der Waals surface area contributed by atoms with Gasteiger partial charge in [0.15, 0.2) is 0 Å². The van der Waals surface area contributed by atoms with Gasteiger partial charge in [0, 0.05) is 25.9 Å². The van der Waals surface area contributed by atoms with Crippen LogP contribution in [-0.4, -0.2) is 0 Å². The van der Waals surface area contributed by atoms with Crippen molar-refractivity contribution >= 4 is 72.0 Å². The molecule has 0 unspecified atom stereocenters. The third-order valence-electron chi connectivity index (χ3n) is 13.1. The van der Waals surface area contributed by atoms with E-state index >= 15 is 0 Å². The summed E-state index contributed by atoms with van der Waals surface area (Å²) in [5.41, 5.74) is 15.0. The number of allylic oxidation sites excluding steroid dienone is 1. The van der Waals surface area contributed by atoms with Gasteiger partial charge >= 0.3 is 0 Å². The van der Waals surface area contributed by atoms with Crippen molar-refractivity contribution < 1.29 is 0 Å². The second kappa shape index (κ2) is 12.0. The molecule has 0 spiro atoms. The molecule has 1 heterocycles. The lowest BCUT2D eigenvalue weighted by molar-refractivity contribution is 0.666. The van der Waals surface area contributed by atoms with Gasteiger partial charge in [0.1, 0.15) is 0 Å². The van der Waals surface area contributed by atoms with Crippen LogP contribution < -0.4 is 10.4 Å². The van der Waals surface area contributed by atoms with E-state index in [1.165, 1.54) is 119 Å². The first kappa shape index (κ1) is 32.2. The number of hydrogen-bond donors (Lipinski definition) is 0. The van der Waals surface area contributed by atoms with E-state index in [0.717, 1.165) is 25.7 Å². The molecule has 0 amide bonds. The Morgan fingerprint density at radius 3 is 1.95 bits per heavy atom. The van der Waals surface area contributed by atoms with Crippen LogP contribution in [0, 0.1) is 0 Å². The van der Waals surface area contributed by atoms with Crippen LogP contribution in [0.3, 0.4) is 0 Å². The molecular formula is C55H40S. The number of fused-ring (bicyclic) bond motifs is 13. The van der Waals surface area contributed by atoms with Crippen LogP contribution in [0.2, 0.25) is 0 Å². The lowest BCUT2D eigenvalue weighted by atomic mass is 9.79. The van der Waals surface area contributed by atoms with Gasteiger partial charge in [-0.25, -0.2) is 0 Å². The molecular weight excluding hydrogens is 693 g/mol. The minimum absolute atomic E-state index is 0.101. The number of benzene rings is 8. The highest BCUT2D eigenvalue weighted by Crippen LogP contribution is 2.57. The molecule has 8 aromatic carbocycles.